The summed E-state index contributed by atoms with van der Waals surface area (Å²) in [6.07, 6.45) is 0.898. The molecule has 3 rings (SSSR count). The zero-order valence-corrected chi connectivity index (χ0v) is 17.1. The number of rotatable bonds is 6. The molecule has 1 amide bonds. The van der Waals surface area contributed by atoms with Crippen LogP contribution < -0.4 is 10.2 Å². The number of likely N-dealkylation sites (N-methyl/N-ethyl adjacent to an activating group) is 1. The molecule has 0 unspecified atom stereocenters. The number of halogens is 2. The molecule has 0 radical (unpaired) electrons. The molecule has 0 bridgehead atoms. The van der Waals surface area contributed by atoms with E-state index in [2.05, 4.69) is 46.4 Å². The molecular weight excluding hydrogens is 381 g/mol. The first-order valence-electron chi connectivity index (χ1n) is 9.25. The number of carbonyl (C=O) groups excluding carboxylic acids is 1. The van der Waals surface area contributed by atoms with E-state index in [9.17, 15) is 4.79 Å². The third-order valence-corrected chi connectivity index (χ3v) is 5.67. The van der Waals surface area contributed by atoms with Gasteiger partial charge in [0.15, 0.2) is 0 Å². The van der Waals surface area contributed by atoms with E-state index >= 15 is 0 Å². The first-order chi connectivity index (χ1) is 13.0. The van der Waals surface area contributed by atoms with Gasteiger partial charge in [-0.2, -0.15) is 0 Å². The quantitative estimate of drug-likeness (QED) is 0.788. The highest BCUT2D eigenvalue weighted by Crippen LogP contribution is 2.25. The van der Waals surface area contributed by atoms with Crippen molar-refractivity contribution in [1.29, 1.82) is 0 Å². The molecule has 4 nitrogen and oxygen atoms in total. The number of benzene rings is 2. The predicted molar refractivity (Wildman–Crippen MR) is 113 cm³/mol. The minimum absolute atomic E-state index is 0.00543. The molecule has 0 aromatic heterocycles. The molecule has 1 fully saturated rings. The summed E-state index contributed by atoms with van der Waals surface area (Å²) >= 11 is 12.3. The van der Waals surface area contributed by atoms with Crippen LogP contribution in [-0.2, 0) is 17.8 Å². The Labute approximate surface area is 171 Å². The number of anilines is 1. The molecule has 6 heteroatoms. The topological polar surface area (TPSA) is 35.6 Å². The molecular formula is C21H25Cl2N3O. The number of nitrogens with one attached hydrogen (secondary N) is 1. The highest BCUT2D eigenvalue weighted by Gasteiger charge is 2.14. The van der Waals surface area contributed by atoms with E-state index in [0.29, 0.717) is 29.4 Å². The van der Waals surface area contributed by atoms with Crippen LogP contribution in [0.25, 0.3) is 0 Å². The number of hydrogen-bond donors (Lipinski definition) is 1. The molecule has 144 valence electrons. The molecule has 27 heavy (non-hydrogen) atoms. The molecule has 1 heterocycles. The van der Waals surface area contributed by atoms with Crippen LogP contribution in [0.1, 0.15) is 17.5 Å². The Kier molecular flexibility index (Phi) is 7.00. The van der Waals surface area contributed by atoms with E-state index in [1.807, 2.05) is 0 Å². The number of piperazine rings is 1. The molecule has 0 spiro atoms. The van der Waals surface area contributed by atoms with Crippen molar-refractivity contribution < 1.29 is 4.79 Å². The van der Waals surface area contributed by atoms with E-state index in [1.165, 1.54) is 5.69 Å². The molecule has 0 atom stereocenters. The van der Waals surface area contributed by atoms with E-state index in [1.54, 1.807) is 18.2 Å². The van der Waals surface area contributed by atoms with Gasteiger partial charge in [-0.25, -0.2) is 0 Å². The molecule has 0 aliphatic carbocycles. The monoisotopic (exact) mass is 405 g/mol. The van der Waals surface area contributed by atoms with Crippen LogP contribution >= 0.6 is 23.2 Å². The van der Waals surface area contributed by atoms with Crippen molar-refractivity contribution in [3.8, 4) is 0 Å². The second-order valence-electron chi connectivity index (χ2n) is 6.93. The molecule has 1 aliphatic heterocycles. The fourth-order valence-electron chi connectivity index (χ4n) is 3.19. The first-order valence-corrected chi connectivity index (χ1v) is 10.0. The van der Waals surface area contributed by atoms with Gasteiger partial charge in [-0.05, 0) is 48.9 Å². The zero-order chi connectivity index (χ0) is 19.2. The molecule has 0 saturated carbocycles. The Morgan fingerprint density at radius 3 is 2.26 bits per heavy atom. The second kappa shape index (κ2) is 9.45. The standard InChI is InChI=1S/C21H25Cl2N3O/c1-25-11-13-26(14-12-25)17-7-5-16(6-8-17)15-24-21(27)10-9-18-19(22)3-2-4-20(18)23/h2-8H,9-15H2,1H3,(H,24,27). The Morgan fingerprint density at radius 2 is 1.63 bits per heavy atom. The van der Waals surface area contributed by atoms with E-state index < -0.39 is 0 Å². The maximum Gasteiger partial charge on any atom is 0.220 e. The predicted octanol–water partition coefficient (Wildman–Crippen LogP) is 3.99. The summed E-state index contributed by atoms with van der Waals surface area (Å²) in [4.78, 5) is 16.9. The van der Waals surface area contributed by atoms with Crippen LogP contribution in [0.5, 0.6) is 0 Å². The molecule has 2 aromatic carbocycles. The Morgan fingerprint density at radius 1 is 1.00 bits per heavy atom. The Bertz CT molecular complexity index is 751. The highest BCUT2D eigenvalue weighted by molar-refractivity contribution is 6.36. The average Bonchev–Trinajstić information content (AvgIpc) is 2.67. The minimum Gasteiger partial charge on any atom is -0.369 e. The number of carbonyl (C=O) groups is 1. The van der Waals surface area contributed by atoms with Crippen molar-refractivity contribution in [2.45, 2.75) is 19.4 Å². The lowest BCUT2D eigenvalue weighted by Crippen LogP contribution is -2.44. The van der Waals surface area contributed by atoms with Gasteiger partial charge in [0.25, 0.3) is 0 Å². The van der Waals surface area contributed by atoms with Gasteiger partial charge in [0, 0.05) is 54.9 Å². The number of nitrogens with zero attached hydrogens (tertiary/aromatic N) is 2. The molecule has 1 saturated heterocycles. The van der Waals surface area contributed by atoms with Crippen molar-refractivity contribution in [2.75, 3.05) is 38.1 Å². The van der Waals surface area contributed by atoms with Gasteiger partial charge in [-0.1, -0.05) is 41.4 Å². The van der Waals surface area contributed by atoms with Crippen molar-refractivity contribution in [2.24, 2.45) is 0 Å². The Hall–Kier alpha value is -1.75. The normalized spacial score (nSPS) is 15.0. The van der Waals surface area contributed by atoms with Gasteiger partial charge in [-0.15, -0.1) is 0 Å². The summed E-state index contributed by atoms with van der Waals surface area (Å²) in [5, 5.41) is 4.18. The van der Waals surface area contributed by atoms with Gasteiger partial charge in [0.1, 0.15) is 0 Å². The van der Waals surface area contributed by atoms with Crippen molar-refractivity contribution in [3.63, 3.8) is 0 Å². The van der Waals surface area contributed by atoms with Crippen molar-refractivity contribution >= 4 is 34.8 Å². The van der Waals surface area contributed by atoms with Crippen LogP contribution in [0, 0.1) is 0 Å². The molecule has 1 N–H and O–H groups in total. The lowest BCUT2D eigenvalue weighted by atomic mass is 10.1. The summed E-state index contributed by atoms with van der Waals surface area (Å²) in [6.45, 7) is 4.81. The first kappa shape index (κ1) is 20.0. The van der Waals surface area contributed by atoms with Gasteiger partial charge in [0.05, 0.1) is 0 Å². The molecule has 1 aliphatic rings. The van der Waals surface area contributed by atoms with Crippen LogP contribution in [0.2, 0.25) is 10.0 Å². The lowest BCUT2D eigenvalue weighted by molar-refractivity contribution is -0.121. The highest BCUT2D eigenvalue weighted by atomic mass is 35.5. The lowest BCUT2D eigenvalue weighted by Gasteiger charge is -2.34. The van der Waals surface area contributed by atoms with Gasteiger partial charge >= 0.3 is 0 Å². The van der Waals surface area contributed by atoms with Gasteiger partial charge in [0.2, 0.25) is 5.91 Å². The van der Waals surface area contributed by atoms with Gasteiger partial charge < -0.3 is 15.1 Å². The maximum atomic E-state index is 12.1. The largest absolute Gasteiger partial charge is 0.369 e. The molecule has 2 aromatic rings. The Balaban J connectivity index is 1.46. The summed E-state index contributed by atoms with van der Waals surface area (Å²) in [7, 11) is 2.16. The fourth-order valence-corrected chi connectivity index (χ4v) is 3.77. The fraction of sp³-hybridized carbons (Fsp3) is 0.381. The number of amides is 1. The smallest absolute Gasteiger partial charge is 0.220 e. The third kappa shape index (κ3) is 5.61. The maximum absolute atomic E-state index is 12.1. The summed E-state index contributed by atoms with van der Waals surface area (Å²) in [5.41, 5.74) is 3.16. The van der Waals surface area contributed by atoms with Crippen LogP contribution in [0.4, 0.5) is 5.69 Å². The van der Waals surface area contributed by atoms with Crippen molar-refractivity contribution in [3.05, 3.63) is 63.6 Å². The summed E-state index contributed by atoms with van der Waals surface area (Å²) in [6, 6.07) is 13.8. The average molecular weight is 406 g/mol. The van der Waals surface area contributed by atoms with Crippen LogP contribution in [0.15, 0.2) is 42.5 Å². The number of hydrogen-bond acceptors (Lipinski definition) is 3. The minimum atomic E-state index is -0.00543. The van der Waals surface area contributed by atoms with Crippen LogP contribution in [0.3, 0.4) is 0 Å². The van der Waals surface area contributed by atoms with Gasteiger partial charge in [-0.3, -0.25) is 4.79 Å². The zero-order valence-electron chi connectivity index (χ0n) is 15.5. The van der Waals surface area contributed by atoms with Crippen LogP contribution in [-0.4, -0.2) is 44.0 Å². The summed E-state index contributed by atoms with van der Waals surface area (Å²) < 4.78 is 0. The second-order valence-corrected chi connectivity index (χ2v) is 7.75. The van der Waals surface area contributed by atoms with E-state index in [4.69, 9.17) is 23.2 Å². The van der Waals surface area contributed by atoms with E-state index in [-0.39, 0.29) is 5.91 Å². The van der Waals surface area contributed by atoms with Crippen molar-refractivity contribution in [1.82, 2.24) is 10.2 Å². The third-order valence-electron chi connectivity index (χ3n) is 4.96. The SMILES string of the molecule is CN1CCN(c2ccc(CNC(=O)CCc3c(Cl)cccc3Cl)cc2)CC1. The van der Waals surface area contributed by atoms with E-state index in [0.717, 1.165) is 37.3 Å². The summed E-state index contributed by atoms with van der Waals surface area (Å²) in [5.74, 6) is -0.00543.